The van der Waals surface area contributed by atoms with Crippen LogP contribution in [-0.4, -0.2) is 109 Å². The third kappa shape index (κ3) is 8.16. The summed E-state index contributed by atoms with van der Waals surface area (Å²) in [6.45, 7) is 13.8. The number of hydrogen-bond acceptors (Lipinski definition) is 11. The number of rotatable bonds is 7. The fourth-order valence-corrected chi connectivity index (χ4v) is 8.71. The number of alkyl carbamates (subject to hydrolysis) is 1. The molecule has 3 aliphatic rings. The molecule has 0 radical (unpaired) electrons. The van der Waals surface area contributed by atoms with Crippen molar-refractivity contribution in [1.29, 1.82) is 0 Å². The number of aliphatic hydroxyl groups is 1. The van der Waals surface area contributed by atoms with Gasteiger partial charge in [-0.05, 0) is 85.2 Å². The molecule has 13 atom stereocenters. The molecule has 3 saturated heterocycles. The lowest BCUT2D eigenvalue weighted by Crippen LogP contribution is -2.61. The lowest BCUT2D eigenvalue weighted by molar-refractivity contribution is -0.295. The summed E-state index contributed by atoms with van der Waals surface area (Å²) >= 11 is 6.35. The maximum atomic E-state index is 15.1. The highest BCUT2D eigenvalue weighted by molar-refractivity contribution is 6.30. The van der Waals surface area contributed by atoms with Gasteiger partial charge in [0, 0.05) is 35.9 Å². The molecule has 0 saturated carbocycles. The van der Waals surface area contributed by atoms with Gasteiger partial charge in [-0.2, -0.15) is 0 Å². The van der Waals surface area contributed by atoms with E-state index in [1.165, 1.54) is 7.11 Å². The molecule has 0 aliphatic carbocycles. The predicted octanol–water partition coefficient (Wildman–Crippen LogP) is 4.74. The van der Waals surface area contributed by atoms with E-state index in [0.29, 0.717) is 17.0 Å². The molecule has 51 heavy (non-hydrogen) atoms. The maximum absolute atomic E-state index is 15.1. The van der Waals surface area contributed by atoms with Crippen molar-refractivity contribution in [3.05, 3.63) is 34.9 Å². The number of Topliss-reactive ketones (excluding diaryl/α,β-unsaturated/α-hetero) is 2. The van der Waals surface area contributed by atoms with Gasteiger partial charge in [0.2, 0.25) is 0 Å². The molecule has 3 fully saturated rings. The van der Waals surface area contributed by atoms with Gasteiger partial charge >= 0.3 is 12.1 Å². The number of carbonyl (C=O) groups excluding carboxylic acids is 4. The van der Waals surface area contributed by atoms with Crippen molar-refractivity contribution in [3.8, 4) is 0 Å². The summed E-state index contributed by atoms with van der Waals surface area (Å²) < 4.78 is 31.1. The van der Waals surface area contributed by atoms with E-state index in [1.807, 2.05) is 25.9 Å². The summed E-state index contributed by atoms with van der Waals surface area (Å²) in [6.07, 6.45) is -4.52. The summed E-state index contributed by atoms with van der Waals surface area (Å²) in [5, 5.41) is 14.7. The smallest absolute Gasteiger partial charge is 0.408 e. The maximum Gasteiger partial charge on any atom is 0.408 e. The van der Waals surface area contributed by atoms with Gasteiger partial charge < -0.3 is 39.0 Å². The van der Waals surface area contributed by atoms with Crippen LogP contribution in [0.3, 0.4) is 0 Å². The molecular formula is C38H57ClN2O10. The minimum atomic E-state index is -1.79. The number of carbonyl (C=O) groups is 4. The summed E-state index contributed by atoms with van der Waals surface area (Å²) in [5.74, 6) is -3.96. The van der Waals surface area contributed by atoms with Crippen LogP contribution in [0.25, 0.3) is 0 Å². The Balaban J connectivity index is 1.90. The highest BCUT2D eigenvalue weighted by atomic mass is 35.5. The van der Waals surface area contributed by atoms with Gasteiger partial charge in [0.05, 0.1) is 23.9 Å². The zero-order chi connectivity index (χ0) is 38.2. The molecule has 3 aliphatic heterocycles. The average molecular weight is 737 g/mol. The summed E-state index contributed by atoms with van der Waals surface area (Å²) in [6, 6.07) is 5.77. The molecular weight excluding hydrogens is 680 g/mol. The van der Waals surface area contributed by atoms with E-state index in [2.05, 4.69) is 5.32 Å². The molecule has 4 unspecified atom stereocenters. The minimum Gasteiger partial charge on any atom is -0.457 e. The molecule has 1 amide bonds. The SMILES string of the molecule is CC[C@H]1OC(=O)C(C)(Cc2cccc(Cl)c2)C(=O)[C@H](C)[C@@H](OC2O[C@H](C)C[C@H](N(C)C)[C@H]2O)[C@@](C)(OC)C[C@@H](C)C(=O)[C@H](C)C2NC(=O)OC21C. The van der Waals surface area contributed by atoms with Crippen LogP contribution in [0.15, 0.2) is 24.3 Å². The van der Waals surface area contributed by atoms with Crippen LogP contribution in [0.4, 0.5) is 4.79 Å². The molecule has 12 nitrogen and oxygen atoms in total. The Kier molecular flexibility index (Phi) is 12.7. The quantitative estimate of drug-likeness (QED) is 0.295. The number of nitrogens with zero attached hydrogens (tertiary/aromatic N) is 1. The van der Waals surface area contributed by atoms with E-state index < -0.39 is 82.9 Å². The number of likely N-dealkylation sites (N-methyl/N-ethyl adjacent to an activating group) is 1. The van der Waals surface area contributed by atoms with Gasteiger partial charge in [0.25, 0.3) is 0 Å². The highest BCUT2D eigenvalue weighted by Crippen LogP contribution is 2.42. The number of ketones is 2. The third-order valence-electron chi connectivity index (χ3n) is 11.5. The first-order valence-corrected chi connectivity index (χ1v) is 18.3. The number of cyclic esters (lactones) is 1. The molecule has 0 bridgehead atoms. The lowest BCUT2D eigenvalue weighted by Gasteiger charge is -2.47. The van der Waals surface area contributed by atoms with Gasteiger partial charge in [-0.15, -0.1) is 0 Å². The summed E-state index contributed by atoms with van der Waals surface area (Å²) in [4.78, 5) is 58.6. The third-order valence-corrected chi connectivity index (χ3v) is 11.8. The van der Waals surface area contributed by atoms with Gasteiger partial charge in [0.15, 0.2) is 17.7 Å². The van der Waals surface area contributed by atoms with Crippen LogP contribution in [0.5, 0.6) is 0 Å². The fraction of sp³-hybridized carbons (Fsp3) is 0.737. The number of methoxy groups -OCH3 is 1. The molecule has 4 rings (SSSR count). The Labute approximate surface area is 307 Å². The van der Waals surface area contributed by atoms with Crippen molar-refractivity contribution in [1.82, 2.24) is 10.2 Å². The van der Waals surface area contributed by atoms with Crippen LogP contribution < -0.4 is 5.32 Å². The molecule has 286 valence electrons. The average Bonchev–Trinajstić information content (AvgIpc) is 3.39. The van der Waals surface area contributed by atoms with Crippen molar-refractivity contribution in [3.63, 3.8) is 0 Å². The van der Waals surface area contributed by atoms with E-state index in [9.17, 15) is 19.5 Å². The first kappa shape index (κ1) is 41.2. The predicted molar refractivity (Wildman–Crippen MR) is 190 cm³/mol. The Morgan fingerprint density at radius 3 is 2.31 bits per heavy atom. The van der Waals surface area contributed by atoms with E-state index in [-0.39, 0.29) is 37.2 Å². The van der Waals surface area contributed by atoms with Crippen LogP contribution in [0.1, 0.15) is 80.2 Å². The monoisotopic (exact) mass is 736 g/mol. The number of amides is 1. The first-order chi connectivity index (χ1) is 23.7. The Hall–Kier alpha value is -2.61. The number of benzene rings is 1. The van der Waals surface area contributed by atoms with Crippen LogP contribution in [-0.2, 0) is 44.5 Å². The molecule has 1 aromatic rings. The highest BCUT2D eigenvalue weighted by Gasteiger charge is 2.59. The van der Waals surface area contributed by atoms with Gasteiger partial charge in [0.1, 0.15) is 23.4 Å². The number of halogens is 1. The standard InChI is InChI=1S/C38H57ClN2O10/c1-12-27-38(8)30(40-35(46)51-38)22(4)28(42)20(2)18-37(7,47-11)32(50-33-29(43)26(41(9)10)16-21(3)48-33)23(5)31(44)36(6,34(45)49-27)19-24-14-13-15-25(39)17-24/h13-15,17,20-23,26-27,29-30,32-33,43H,12,16,18-19H2,1-11H3,(H,40,46)/t20-,21-,22+,23+,26+,27-,29-,30?,32-,33?,36?,37+,38?/m1/s1. The van der Waals surface area contributed by atoms with Gasteiger partial charge in [-0.3, -0.25) is 14.4 Å². The topological polar surface area (TPSA) is 150 Å². The molecule has 3 heterocycles. The molecule has 0 spiro atoms. The van der Waals surface area contributed by atoms with E-state index in [0.717, 1.165) is 0 Å². The van der Waals surface area contributed by atoms with Crippen molar-refractivity contribution >= 4 is 35.2 Å². The Bertz CT molecular complexity index is 1460. The number of esters is 1. The van der Waals surface area contributed by atoms with Crippen molar-refractivity contribution in [2.75, 3.05) is 21.2 Å². The number of hydrogen-bond donors (Lipinski definition) is 2. The Morgan fingerprint density at radius 1 is 1.06 bits per heavy atom. The molecule has 13 heteroatoms. The summed E-state index contributed by atoms with van der Waals surface area (Å²) in [7, 11) is 5.21. The summed E-state index contributed by atoms with van der Waals surface area (Å²) in [5.41, 5.74) is -3.89. The second-order valence-corrected chi connectivity index (χ2v) is 16.2. The van der Waals surface area contributed by atoms with Crippen molar-refractivity contribution in [2.24, 2.45) is 23.2 Å². The van der Waals surface area contributed by atoms with Crippen LogP contribution in [0, 0.1) is 23.2 Å². The van der Waals surface area contributed by atoms with Crippen LogP contribution in [0.2, 0.25) is 5.02 Å². The number of nitrogens with one attached hydrogen (secondary N) is 1. The molecule has 0 aromatic heterocycles. The number of ether oxygens (including phenoxy) is 5. The molecule has 1 aromatic carbocycles. The first-order valence-electron chi connectivity index (χ1n) is 18.0. The Morgan fingerprint density at radius 2 is 1.73 bits per heavy atom. The largest absolute Gasteiger partial charge is 0.457 e. The van der Waals surface area contributed by atoms with Gasteiger partial charge in [-0.1, -0.05) is 51.4 Å². The van der Waals surface area contributed by atoms with Gasteiger partial charge in [-0.25, -0.2) is 4.79 Å². The number of aliphatic hydroxyl groups excluding tert-OH is 1. The van der Waals surface area contributed by atoms with E-state index in [4.69, 9.17) is 35.3 Å². The second kappa shape index (κ2) is 15.8. The van der Waals surface area contributed by atoms with Crippen LogP contribution >= 0.6 is 11.6 Å². The normalized spacial score (nSPS) is 41.4. The second-order valence-electron chi connectivity index (χ2n) is 15.7. The fourth-order valence-electron chi connectivity index (χ4n) is 8.50. The van der Waals surface area contributed by atoms with E-state index >= 15 is 4.79 Å². The van der Waals surface area contributed by atoms with Crippen molar-refractivity contribution < 1.29 is 48.0 Å². The number of fused-ring (bicyclic) bond motifs is 1. The van der Waals surface area contributed by atoms with Crippen molar-refractivity contribution in [2.45, 2.75) is 135 Å². The van der Waals surface area contributed by atoms with E-state index in [1.54, 1.807) is 72.7 Å². The molecule has 2 N–H and O–H groups in total. The lowest BCUT2D eigenvalue weighted by atomic mass is 9.69. The zero-order valence-electron chi connectivity index (χ0n) is 31.9. The minimum absolute atomic E-state index is 0.0613. The zero-order valence-corrected chi connectivity index (χ0v) is 32.6.